The van der Waals surface area contributed by atoms with Crippen LogP contribution >= 0.6 is 0 Å². The fraction of sp³-hybridized carbons (Fsp3) is 0.780. The van der Waals surface area contributed by atoms with Crippen LogP contribution in [-0.2, 0) is 23.7 Å². The molecular weight excluding hydrogens is 714 g/mol. The number of hydrogen-bond acceptors (Lipinski definition) is 13. The minimum atomic E-state index is -1.79. The van der Waals surface area contributed by atoms with E-state index >= 15 is 0 Å². The molecule has 12 atom stereocenters. The summed E-state index contributed by atoms with van der Waals surface area (Å²) < 4.78 is 22.5. The summed E-state index contributed by atoms with van der Waals surface area (Å²) in [4.78, 5) is 13.0. The van der Waals surface area contributed by atoms with Gasteiger partial charge in [0.2, 0.25) is 5.91 Å². The van der Waals surface area contributed by atoms with Crippen LogP contribution in [0.5, 0.6) is 0 Å². The van der Waals surface area contributed by atoms with E-state index in [1.165, 1.54) is 19.3 Å². The lowest BCUT2D eigenvalue weighted by Gasteiger charge is -2.46. The number of unbranched alkanes of at least 4 members (excludes halogenated alkanes) is 9. The van der Waals surface area contributed by atoms with E-state index in [0.717, 1.165) is 64.2 Å². The predicted octanol–water partition coefficient (Wildman–Crippen LogP) is 2.59. The molecule has 55 heavy (non-hydrogen) atoms. The molecule has 0 bridgehead atoms. The van der Waals surface area contributed by atoms with E-state index in [-0.39, 0.29) is 18.9 Å². The van der Waals surface area contributed by atoms with Gasteiger partial charge in [-0.3, -0.25) is 4.79 Å². The zero-order valence-electron chi connectivity index (χ0n) is 32.9. The number of aliphatic hydroxyl groups is 8. The molecule has 2 saturated heterocycles. The zero-order chi connectivity index (χ0) is 40.4. The lowest BCUT2D eigenvalue weighted by Crippen LogP contribution is -2.65. The van der Waals surface area contributed by atoms with Gasteiger partial charge in [0.05, 0.1) is 32.0 Å². The van der Waals surface area contributed by atoms with Crippen LogP contribution in [0.25, 0.3) is 0 Å². The minimum Gasteiger partial charge on any atom is -0.394 e. The summed E-state index contributed by atoms with van der Waals surface area (Å²) >= 11 is 0. The van der Waals surface area contributed by atoms with Crippen LogP contribution in [-0.4, -0.2) is 140 Å². The minimum absolute atomic E-state index is 0.243. The maximum absolute atomic E-state index is 13.0. The average molecular weight is 786 g/mol. The molecule has 0 aliphatic carbocycles. The fourth-order valence-electron chi connectivity index (χ4n) is 6.36. The molecule has 2 fully saturated rings. The molecule has 0 aromatic rings. The second-order valence-corrected chi connectivity index (χ2v) is 14.4. The molecule has 0 aromatic carbocycles. The van der Waals surface area contributed by atoms with Crippen molar-refractivity contribution in [2.24, 2.45) is 0 Å². The van der Waals surface area contributed by atoms with E-state index in [0.29, 0.717) is 6.42 Å². The van der Waals surface area contributed by atoms with Gasteiger partial charge in [-0.25, -0.2) is 0 Å². The summed E-state index contributed by atoms with van der Waals surface area (Å²) in [5.74, 6) is -0.277. The monoisotopic (exact) mass is 785 g/mol. The van der Waals surface area contributed by atoms with Gasteiger partial charge in [-0.1, -0.05) is 101 Å². The molecule has 14 heteroatoms. The molecule has 14 nitrogen and oxygen atoms in total. The number of aliphatic hydroxyl groups excluding tert-OH is 8. The van der Waals surface area contributed by atoms with Crippen molar-refractivity contribution in [3.63, 3.8) is 0 Å². The SMILES string of the molecule is CC/C=C\C/C=C\C/C=C\CCCCCC(=O)NC(COC1OC(CO)C(OC2OC(CO)C(O)C(O)C2O)C(O)C1O)C(O)/C=C/CCCCCCCC. The van der Waals surface area contributed by atoms with Gasteiger partial charge in [0.25, 0.3) is 0 Å². The zero-order valence-corrected chi connectivity index (χ0v) is 32.9. The molecular formula is C41H71NO13. The van der Waals surface area contributed by atoms with Gasteiger partial charge < -0.3 is 65.1 Å². The van der Waals surface area contributed by atoms with Crippen LogP contribution in [0, 0.1) is 0 Å². The molecule has 0 saturated carbocycles. The third kappa shape index (κ3) is 18.4. The highest BCUT2D eigenvalue weighted by atomic mass is 16.7. The molecule has 318 valence electrons. The normalized spacial score (nSPS) is 30.2. The second-order valence-electron chi connectivity index (χ2n) is 14.4. The topological polar surface area (TPSA) is 228 Å². The molecule has 9 N–H and O–H groups in total. The van der Waals surface area contributed by atoms with Crippen molar-refractivity contribution in [1.29, 1.82) is 0 Å². The van der Waals surface area contributed by atoms with E-state index in [1.54, 1.807) is 6.08 Å². The smallest absolute Gasteiger partial charge is 0.220 e. The van der Waals surface area contributed by atoms with Gasteiger partial charge >= 0.3 is 0 Å². The van der Waals surface area contributed by atoms with Crippen molar-refractivity contribution in [3.8, 4) is 0 Å². The van der Waals surface area contributed by atoms with Gasteiger partial charge in [0, 0.05) is 6.42 Å². The predicted molar refractivity (Wildman–Crippen MR) is 207 cm³/mol. The lowest BCUT2D eigenvalue weighted by molar-refractivity contribution is -0.359. The second kappa shape index (κ2) is 29.2. The van der Waals surface area contributed by atoms with E-state index in [4.69, 9.17) is 18.9 Å². The van der Waals surface area contributed by atoms with Gasteiger partial charge in [-0.15, -0.1) is 0 Å². The quantitative estimate of drug-likeness (QED) is 0.0411. The summed E-state index contributed by atoms with van der Waals surface area (Å²) in [5, 5.41) is 86.0. The van der Waals surface area contributed by atoms with E-state index in [1.807, 2.05) is 6.08 Å². The molecule has 2 aliphatic heterocycles. The van der Waals surface area contributed by atoms with Crippen molar-refractivity contribution in [2.75, 3.05) is 19.8 Å². The third-order valence-electron chi connectivity index (χ3n) is 9.77. The number of ether oxygens (including phenoxy) is 4. The standard InChI is InChI=1S/C41H71NO13/c1-3-5-7-9-11-13-14-15-16-17-19-21-23-25-33(46)42-29(30(45)24-22-20-18-12-10-8-6-4-2)28-52-40-38(51)36(49)39(32(27-44)54-40)55-41-37(50)35(48)34(47)31(26-43)53-41/h5,7,11,13,15-16,22,24,29-32,34-41,43-45,47-51H,3-4,6,8-10,12,14,17-21,23,25-28H2,1-2H3,(H,42,46)/b7-5-,13-11-,16-15-,24-22+. The number of rotatable bonds is 28. The van der Waals surface area contributed by atoms with Crippen LogP contribution in [0.2, 0.25) is 0 Å². The highest BCUT2D eigenvalue weighted by Crippen LogP contribution is 2.29. The Morgan fingerprint density at radius 2 is 1.25 bits per heavy atom. The van der Waals surface area contributed by atoms with Crippen LogP contribution < -0.4 is 5.32 Å². The number of nitrogens with one attached hydrogen (secondary N) is 1. The van der Waals surface area contributed by atoms with Gasteiger partial charge in [-0.2, -0.15) is 0 Å². The Morgan fingerprint density at radius 1 is 0.673 bits per heavy atom. The van der Waals surface area contributed by atoms with E-state index < -0.39 is 86.8 Å². The molecule has 0 radical (unpaired) electrons. The Bertz CT molecular complexity index is 1120. The summed E-state index contributed by atoms with van der Waals surface area (Å²) in [6.45, 7) is 2.54. The Labute approximate surface area is 327 Å². The average Bonchev–Trinajstić information content (AvgIpc) is 3.18. The summed E-state index contributed by atoms with van der Waals surface area (Å²) in [6.07, 6.45) is 13.3. The highest BCUT2D eigenvalue weighted by Gasteiger charge is 2.50. The number of allylic oxidation sites excluding steroid dienone is 7. The number of hydrogen-bond donors (Lipinski definition) is 9. The largest absolute Gasteiger partial charge is 0.394 e. The molecule has 2 aliphatic rings. The van der Waals surface area contributed by atoms with Crippen molar-refractivity contribution in [3.05, 3.63) is 48.6 Å². The van der Waals surface area contributed by atoms with Gasteiger partial charge in [0.15, 0.2) is 12.6 Å². The van der Waals surface area contributed by atoms with Crippen molar-refractivity contribution >= 4 is 5.91 Å². The first-order valence-electron chi connectivity index (χ1n) is 20.4. The maximum atomic E-state index is 13.0. The van der Waals surface area contributed by atoms with Gasteiger partial charge in [0.1, 0.15) is 48.8 Å². The van der Waals surface area contributed by atoms with Crippen LogP contribution in [0.4, 0.5) is 0 Å². The Morgan fingerprint density at radius 3 is 1.93 bits per heavy atom. The van der Waals surface area contributed by atoms with Crippen molar-refractivity contribution in [1.82, 2.24) is 5.32 Å². The van der Waals surface area contributed by atoms with E-state index in [9.17, 15) is 45.6 Å². The number of carbonyl (C=O) groups is 1. The van der Waals surface area contributed by atoms with Crippen LogP contribution in [0.15, 0.2) is 48.6 Å². The molecule has 1 amide bonds. The molecule has 2 heterocycles. The number of carbonyl (C=O) groups excluding carboxylic acids is 1. The Balaban J connectivity index is 1.95. The van der Waals surface area contributed by atoms with E-state index in [2.05, 4.69) is 55.6 Å². The lowest BCUT2D eigenvalue weighted by atomic mass is 9.97. The number of amides is 1. The first kappa shape index (κ1) is 49.1. The van der Waals surface area contributed by atoms with Gasteiger partial charge in [-0.05, 0) is 51.4 Å². The molecule has 2 rings (SSSR count). The van der Waals surface area contributed by atoms with Crippen molar-refractivity contribution in [2.45, 2.75) is 184 Å². The fourth-order valence-corrected chi connectivity index (χ4v) is 6.36. The Kier molecular flexibility index (Phi) is 26.1. The van der Waals surface area contributed by atoms with Crippen LogP contribution in [0.3, 0.4) is 0 Å². The van der Waals surface area contributed by atoms with Crippen molar-refractivity contribution < 1.29 is 64.6 Å². The summed E-state index contributed by atoms with van der Waals surface area (Å²) in [6, 6.07) is -0.926. The maximum Gasteiger partial charge on any atom is 0.220 e. The van der Waals surface area contributed by atoms with Crippen LogP contribution in [0.1, 0.15) is 110 Å². The molecule has 0 spiro atoms. The first-order chi connectivity index (χ1) is 26.6. The molecule has 12 unspecified atom stereocenters. The summed E-state index contributed by atoms with van der Waals surface area (Å²) in [5.41, 5.74) is 0. The Hall–Kier alpha value is -2.05. The first-order valence-corrected chi connectivity index (χ1v) is 20.4. The highest BCUT2D eigenvalue weighted by molar-refractivity contribution is 5.76. The molecule has 0 aromatic heterocycles. The third-order valence-corrected chi connectivity index (χ3v) is 9.77. The summed E-state index contributed by atoms with van der Waals surface area (Å²) in [7, 11) is 0.